The first-order valence-corrected chi connectivity index (χ1v) is 6.67. The van der Waals surface area contributed by atoms with Crippen LogP contribution in [0.1, 0.15) is 17.3 Å². The van der Waals surface area contributed by atoms with Crippen molar-refractivity contribution in [1.82, 2.24) is 15.3 Å². The van der Waals surface area contributed by atoms with Crippen LogP contribution in [-0.4, -0.2) is 15.9 Å². The van der Waals surface area contributed by atoms with Gasteiger partial charge in [-0.1, -0.05) is 12.1 Å². The van der Waals surface area contributed by atoms with Crippen molar-refractivity contribution in [3.8, 4) is 0 Å². The molecule has 0 spiro atoms. The number of imidazole rings is 1. The van der Waals surface area contributed by atoms with Crippen LogP contribution < -0.4 is 5.32 Å². The topological polar surface area (TPSA) is 70.9 Å². The van der Waals surface area contributed by atoms with Gasteiger partial charge in [0.25, 0.3) is 0 Å². The highest BCUT2D eigenvalue weighted by molar-refractivity contribution is 5.91. The Balaban J connectivity index is 1.59. The van der Waals surface area contributed by atoms with Gasteiger partial charge in [-0.05, 0) is 37.3 Å². The Hall–Kier alpha value is -2.82. The molecule has 0 saturated carbocycles. The maximum atomic E-state index is 11.7. The van der Waals surface area contributed by atoms with E-state index in [0.717, 1.165) is 22.6 Å². The lowest BCUT2D eigenvalue weighted by Gasteiger charge is -1.97. The van der Waals surface area contributed by atoms with Crippen LogP contribution in [0, 0.1) is 6.92 Å². The van der Waals surface area contributed by atoms with Crippen LogP contribution >= 0.6 is 0 Å². The van der Waals surface area contributed by atoms with Crippen LogP contribution in [0.5, 0.6) is 0 Å². The molecule has 2 aromatic heterocycles. The standard InChI is InChI=1S/C16H15N3O2/c1-11-6-7-12(21-11)8-9-16(20)17-10-15-18-13-4-2-3-5-14(13)19-15/h2-9H,10H2,1H3,(H,17,20)(H,18,19). The molecule has 21 heavy (non-hydrogen) atoms. The lowest BCUT2D eigenvalue weighted by atomic mass is 10.3. The molecular formula is C16H15N3O2. The predicted octanol–water partition coefficient (Wildman–Crippen LogP) is 2.79. The summed E-state index contributed by atoms with van der Waals surface area (Å²) in [6.45, 7) is 2.22. The van der Waals surface area contributed by atoms with Crippen molar-refractivity contribution in [2.24, 2.45) is 0 Å². The van der Waals surface area contributed by atoms with E-state index < -0.39 is 0 Å². The van der Waals surface area contributed by atoms with Gasteiger partial charge in [-0.3, -0.25) is 4.79 Å². The first-order chi connectivity index (χ1) is 10.2. The van der Waals surface area contributed by atoms with E-state index >= 15 is 0 Å². The number of hydrogen-bond acceptors (Lipinski definition) is 3. The molecule has 0 saturated heterocycles. The normalized spacial score (nSPS) is 11.3. The summed E-state index contributed by atoms with van der Waals surface area (Å²) in [7, 11) is 0. The molecule has 0 unspecified atom stereocenters. The molecule has 0 aliphatic rings. The number of fused-ring (bicyclic) bond motifs is 1. The van der Waals surface area contributed by atoms with Gasteiger partial charge in [0.05, 0.1) is 17.6 Å². The van der Waals surface area contributed by atoms with Crippen LogP contribution in [-0.2, 0) is 11.3 Å². The molecule has 0 bridgehead atoms. The molecule has 2 heterocycles. The molecule has 5 nitrogen and oxygen atoms in total. The number of furan rings is 1. The van der Waals surface area contributed by atoms with Crippen LogP contribution in [0.2, 0.25) is 0 Å². The van der Waals surface area contributed by atoms with Gasteiger partial charge in [-0.15, -0.1) is 0 Å². The Morgan fingerprint density at radius 1 is 1.33 bits per heavy atom. The molecule has 1 aromatic carbocycles. The van der Waals surface area contributed by atoms with E-state index in [9.17, 15) is 4.79 Å². The van der Waals surface area contributed by atoms with E-state index in [2.05, 4.69) is 15.3 Å². The second kappa shape index (κ2) is 5.66. The summed E-state index contributed by atoms with van der Waals surface area (Å²) in [5, 5.41) is 2.78. The lowest BCUT2D eigenvalue weighted by Crippen LogP contribution is -2.20. The third kappa shape index (κ3) is 3.20. The van der Waals surface area contributed by atoms with E-state index in [1.165, 1.54) is 6.08 Å². The molecule has 5 heteroatoms. The second-order valence-corrected chi connectivity index (χ2v) is 4.70. The number of aromatic nitrogens is 2. The van der Waals surface area contributed by atoms with Crippen molar-refractivity contribution in [2.75, 3.05) is 0 Å². The Labute approximate surface area is 121 Å². The van der Waals surface area contributed by atoms with Crippen molar-refractivity contribution in [3.05, 3.63) is 59.8 Å². The average Bonchev–Trinajstić information content (AvgIpc) is 3.08. The molecule has 3 rings (SSSR count). The summed E-state index contributed by atoms with van der Waals surface area (Å²) >= 11 is 0. The maximum absolute atomic E-state index is 11.7. The number of carbonyl (C=O) groups excluding carboxylic acids is 1. The highest BCUT2D eigenvalue weighted by Gasteiger charge is 2.03. The average molecular weight is 281 g/mol. The van der Waals surface area contributed by atoms with E-state index in [0.29, 0.717) is 12.3 Å². The summed E-state index contributed by atoms with van der Waals surface area (Å²) in [4.78, 5) is 19.3. The van der Waals surface area contributed by atoms with Gasteiger partial charge in [0.2, 0.25) is 5.91 Å². The first-order valence-electron chi connectivity index (χ1n) is 6.67. The molecule has 0 atom stereocenters. The molecular weight excluding hydrogens is 266 g/mol. The van der Waals surface area contributed by atoms with Gasteiger partial charge in [0, 0.05) is 6.08 Å². The monoisotopic (exact) mass is 281 g/mol. The molecule has 0 radical (unpaired) electrons. The molecule has 0 fully saturated rings. The third-order valence-corrected chi connectivity index (χ3v) is 3.03. The number of aromatic amines is 1. The Morgan fingerprint density at radius 2 is 2.19 bits per heavy atom. The largest absolute Gasteiger partial charge is 0.462 e. The molecule has 0 aliphatic heterocycles. The minimum Gasteiger partial charge on any atom is -0.462 e. The van der Waals surface area contributed by atoms with Crippen LogP contribution in [0.4, 0.5) is 0 Å². The summed E-state index contributed by atoms with van der Waals surface area (Å²) in [6.07, 6.45) is 3.09. The number of amides is 1. The predicted molar refractivity (Wildman–Crippen MR) is 80.4 cm³/mol. The number of H-pyrrole nitrogens is 1. The summed E-state index contributed by atoms with van der Waals surface area (Å²) in [6, 6.07) is 11.4. The summed E-state index contributed by atoms with van der Waals surface area (Å²) < 4.78 is 5.35. The quantitative estimate of drug-likeness (QED) is 0.722. The highest BCUT2D eigenvalue weighted by atomic mass is 16.3. The number of nitrogens with one attached hydrogen (secondary N) is 2. The Bertz CT molecular complexity index is 766. The minimum atomic E-state index is -0.190. The van der Waals surface area contributed by atoms with Gasteiger partial charge < -0.3 is 14.7 Å². The van der Waals surface area contributed by atoms with Gasteiger partial charge in [0.15, 0.2) is 0 Å². The number of nitrogens with zero attached hydrogens (tertiary/aromatic N) is 1. The summed E-state index contributed by atoms with van der Waals surface area (Å²) in [5.74, 6) is 2.01. The van der Waals surface area contributed by atoms with Crippen molar-refractivity contribution < 1.29 is 9.21 Å². The lowest BCUT2D eigenvalue weighted by molar-refractivity contribution is -0.116. The zero-order valence-electron chi connectivity index (χ0n) is 11.6. The van der Waals surface area contributed by atoms with E-state index in [1.54, 1.807) is 6.08 Å². The van der Waals surface area contributed by atoms with Crippen molar-refractivity contribution in [1.29, 1.82) is 0 Å². The van der Waals surface area contributed by atoms with Crippen molar-refractivity contribution in [2.45, 2.75) is 13.5 Å². The summed E-state index contributed by atoms with van der Waals surface area (Å²) in [5.41, 5.74) is 1.85. The number of para-hydroxylation sites is 2. The fourth-order valence-electron chi connectivity index (χ4n) is 2.02. The zero-order chi connectivity index (χ0) is 14.7. The van der Waals surface area contributed by atoms with E-state index in [1.807, 2.05) is 43.3 Å². The Morgan fingerprint density at radius 3 is 2.95 bits per heavy atom. The van der Waals surface area contributed by atoms with E-state index in [-0.39, 0.29) is 5.91 Å². The molecule has 106 valence electrons. The second-order valence-electron chi connectivity index (χ2n) is 4.70. The molecule has 2 N–H and O–H groups in total. The van der Waals surface area contributed by atoms with E-state index in [4.69, 9.17) is 4.42 Å². The smallest absolute Gasteiger partial charge is 0.244 e. The Kier molecular flexibility index (Phi) is 3.55. The van der Waals surface area contributed by atoms with Gasteiger partial charge in [-0.2, -0.15) is 0 Å². The van der Waals surface area contributed by atoms with Crippen LogP contribution in [0.3, 0.4) is 0 Å². The number of carbonyl (C=O) groups is 1. The molecule has 0 aliphatic carbocycles. The fraction of sp³-hybridized carbons (Fsp3) is 0.125. The fourth-order valence-corrected chi connectivity index (χ4v) is 2.02. The minimum absolute atomic E-state index is 0.190. The molecule has 3 aromatic rings. The van der Waals surface area contributed by atoms with Crippen molar-refractivity contribution in [3.63, 3.8) is 0 Å². The first kappa shape index (κ1) is 13.2. The van der Waals surface area contributed by atoms with Gasteiger partial charge in [-0.25, -0.2) is 4.98 Å². The van der Waals surface area contributed by atoms with Gasteiger partial charge in [0.1, 0.15) is 17.3 Å². The number of aryl methyl sites for hydroxylation is 1. The maximum Gasteiger partial charge on any atom is 0.244 e. The zero-order valence-corrected chi connectivity index (χ0v) is 11.6. The van der Waals surface area contributed by atoms with Crippen LogP contribution in [0.25, 0.3) is 17.1 Å². The molecule has 1 amide bonds. The number of rotatable bonds is 4. The van der Waals surface area contributed by atoms with Crippen LogP contribution in [0.15, 0.2) is 46.9 Å². The van der Waals surface area contributed by atoms with Crippen molar-refractivity contribution >= 4 is 23.0 Å². The number of benzene rings is 1. The highest BCUT2D eigenvalue weighted by Crippen LogP contribution is 2.10. The number of hydrogen-bond donors (Lipinski definition) is 2. The SMILES string of the molecule is Cc1ccc(C=CC(=O)NCc2nc3ccccc3[nH]2)o1. The van der Waals surface area contributed by atoms with Gasteiger partial charge >= 0.3 is 0 Å². The third-order valence-electron chi connectivity index (χ3n) is 3.03.